The summed E-state index contributed by atoms with van der Waals surface area (Å²) in [5.74, 6) is -0.450. The lowest BCUT2D eigenvalue weighted by atomic mass is 9.99. The van der Waals surface area contributed by atoms with Crippen molar-refractivity contribution < 1.29 is 19.4 Å². The number of hydrogen-bond donors (Lipinski definition) is 1. The molecule has 1 aliphatic rings. The van der Waals surface area contributed by atoms with Crippen molar-refractivity contribution in [2.75, 3.05) is 13.7 Å². The Bertz CT molecular complexity index is 527. The van der Waals surface area contributed by atoms with Crippen LogP contribution in [0.15, 0.2) is 18.2 Å². The van der Waals surface area contributed by atoms with Gasteiger partial charge in [0.05, 0.1) is 7.11 Å². The Labute approximate surface area is 118 Å². The van der Waals surface area contributed by atoms with Crippen LogP contribution in [-0.2, 0) is 4.79 Å². The lowest BCUT2D eigenvalue weighted by molar-refractivity contribution is -0.143. The minimum absolute atomic E-state index is 0.211. The van der Waals surface area contributed by atoms with Crippen molar-refractivity contribution >= 4 is 11.9 Å². The molecule has 0 aliphatic carbocycles. The summed E-state index contributed by atoms with van der Waals surface area (Å²) in [5.41, 5.74) is 1.34. The van der Waals surface area contributed by atoms with E-state index in [1.54, 1.807) is 25.3 Å². The molecule has 1 aliphatic heterocycles. The van der Waals surface area contributed by atoms with Gasteiger partial charge >= 0.3 is 5.97 Å². The summed E-state index contributed by atoms with van der Waals surface area (Å²) in [7, 11) is 1.57. The Morgan fingerprint density at radius 1 is 1.35 bits per heavy atom. The van der Waals surface area contributed by atoms with E-state index >= 15 is 0 Å². The van der Waals surface area contributed by atoms with Gasteiger partial charge in [-0.05, 0) is 49.9 Å². The maximum atomic E-state index is 12.6. The fourth-order valence-electron chi connectivity index (χ4n) is 2.59. The number of piperidine rings is 1. The number of aliphatic carboxylic acids is 1. The topological polar surface area (TPSA) is 66.8 Å². The molecule has 1 fully saturated rings. The van der Waals surface area contributed by atoms with Gasteiger partial charge in [0, 0.05) is 12.1 Å². The number of aryl methyl sites for hydroxylation is 1. The molecule has 0 bridgehead atoms. The number of benzene rings is 1. The highest BCUT2D eigenvalue weighted by Gasteiger charge is 2.32. The van der Waals surface area contributed by atoms with E-state index in [9.17, 15) is 14.7 Å². The quantitative estimate of drug-likeness (QED) is 0.918. The highest BCUT2D eigenvalue weighted by molar-refractivity contribution is 5.98. The second-order valence-corrected chi connectivity index (χ2v) is 5.03. The first-order chi connectivity index (χ1) is 9.54. The van der Waals surface area contributed by atoms with E-state index in [0.717, 1.165) is 18.4 Å². The summed E-state index contributed by atoms with van der Waals surface area (Å²) in [5, 5.41) is 9.24. The van der Waals surface area contributed by atoms with E-state index in [0.29, 0.717) is 24.3 Å². The van der Waals surface area contributed by atoms with Crippen molar-refractivity contribution in [1.29, 1.82) is 0 Å². The van der Waals surface area contributed by atoms with Gasteiger partial charge in [-0.15, -0.1) is 0 Å². The molecule has 1 aromatic carbocycles. The molecular weight excluding hydrogens is 258 g/mol. The number of carboxylic acid groups (broad SMARTS) is 1. The molecule has 5 heteroatoms. The number of methoxy groups -OCH3 is 1. The first kappa shape index (κ1) is 14.4. The average molecular weight is 277 g/mol. The van der Waals surface area contributed by atoms with Gasteiger partial charge in [-0.25, -0.2) is 4.79 Å². The van der Waals surface area contributed by atoms with E-state index in [-0.39, 0.29) is 5.91 Å². The highest BCUT2D eigenvalue weighted by atomic mass is 16.5. The summed E-state index contributed by atoms with van der Waals surface area (Å²) >= 11 is 0. The van der Waals surface area contributed by atoms with Crippen LogP contribution in [0.4, 0.5) is 0 Å². The van der Waals surface area contributed by atoms with Crippen LogP contribution in [0.5, 0.6) is 5.75 Å². The standard InChI is InChI=1S/C15H19NO4/c1-10-9-11(20-2)6-7-12(10)14(17)16-8-4-3-5-13(16)15(18)19/h6-7,9,13H,3-5,8H2,1-2H3,(H,18,19)/t13-/m1/s1. The third-order valence-electron chi connectivity index (χ3n) is 3.71. The number of carbonyl (C=O) groups excluding carboxylic acids is 1. The van der Waals surface area contributed by atoms with E-state index in [4.69, 9.17) is 4.74 Å². The number of rotatable bonds is 3. The van der Waals surface area contributed by atoms with Crippen LogP contribution >= 0.6 is 0 Å². The zero-order valence-corrected chi connectivity index (χ0v) is 11.8. The van der Waals surface area contributed by atoms with Crippen molar-refractivity contribution in [2.24, 2.45) is 0 Å². The van der Waals surface area contributed by atoms with Crippen molar-refractivity contribution in [3.05, 3.63) is 29.3 Å². The molecule has 0 spiro atoms. The van der Waals surface area contributed by atoms with Crippen LogP contribution in [0.2, 0.25) is 0 Å². The van der Waals surface area contributed by atoms with Gasteiger partial charge in [0.15, 0.2) is 0 Å². The zero-order chi connectivity index (χ0) is 14.7. The smallest absolute Gasteiger partial charge is 0.326 e. The number of amides is 1. The van der Waals surface area contributed by atoms with Gasteiger partial charge in [0.1, 0.15) is 11.8 Å². The number of carbonyl (C=O) groups is 2. The molecule has 0 radical (unpaired) electrons. The Morgan fingerprint density at radius 2 is 2.10 bits per heavy atom. The summed E-state index contributed by atoms with van der Waals surface area (Å²) < 4.78 is 5.12. The lowest BCUT2D eigenvalue weighted by Crippen LogP contribution is -2.48. The molecule has 108 valence electrons. The molecule has 1 amide bonds. The summed E-state index contributed by atoms with van der Waals surface area (Å²) in [6.07, 6.45) is 2.23. The number of hydrogen-bond acceptors (Lipinski definition) is 3. The van der Waals surface area contributed by atoms with Crippen molar-refractivity contribution in [3.8, 4) is 5.75 Å². The van der Waals surface area contributed by atoms with Crippen LogP contribution in [0, 0.1) is 6.92 Å². The Kier molecular flexibility index (Phi) is 4.27. The highest BCUT2D eigenvalue weighted by Crippen LogP contribution is 2.23. The Morgan fingerprint density at radius 3 is 2.70 bits per heavy atom. The largest absolute Gasteiger partial charge is 0.497 e. The minimum atomic E-state index is -0.927. The molecule has 0 saturated carbocycles. The molecule has 20 heavy (non-hydrogen) atoms. The van der Waals surface area contributed by atoms with Crippen molar-refractivity contribution in [3.63, 3.8) is 0 Å². The Balaban J connectivity index is 2.27. The summed E-state index contributed by atoms with van der Waals surface area (Å²) in [4.78, 5) is 25.3. The summed E-state index contributed by atoms with van der Waals surface area (Å²) in [6.45, 7) is 2.33. The van der Waals surface area contributed by atoms with Gasteiger partial charge in [0.25, 0.3) is 5.91 Å². The third kappa shape index (κ3) is 2.76. The molecule has 5 nitrogen and oxygen atoms in total. The first-order valence-electron chi connectivity index (χ1n) is 6.73. The van der Waals surface area contributed by atoms with Gasteiger partial charge < -0.3 is 14.7 Å². The van der Waals surface area contributed by atoms with Crippen LogP contribution in [-0.4, -0.2) is 41.6 Å². The molecule has 1 heterocycles. The maximum Gasteiger partial charge on any atom is 0.326 e. The molecule has 1 aromatic rings. The molecule has 1 atom stereocenters. The van der Waals surface area contributed by atoms with E-state index in [2.05, 4.69) is 0 Å². The molecule has 0 unspecified atom stereocenters. The van der Waals surface area contributed by atoms with Crippen molar-refractivity contribution in [1.82, 2.24) is 4.90 Å². The van der Waals surface area contributed by atoms with Crippen LogP contribution < -0.4 is 4.74 Å². The molecule has 1 saturated heterocycles. The van der Waals surface area contributed by atoms with Gasteiger partial charge in [-0.1, -0.05) is 0 Å². The number of carboxylic acids is 1. The van der Waals surface area contributed by atoms with Crippen LogP contribution in [0.1, 0.15) is 35.2 Å². The maximum absolute atomic E-state index is 12.6. The normalized spacial score (nSPS) is 18.7. The lowest BCUT2D eigenvalue weighted by Gasteiger charge is -2.33. The predicted octanol–water partition coefficient (Wildman–Crippen LogP) is 2.08. The second kappa shape index (κ2) is 5.94. The summed E-state index contributed by atoms with van der Waals surface area (Å²) in [6, 6.07) is 4.49. The second-order valence-electron chi connectivity index (χ2n) is 5.03. The van der Waals surface area contributed by atoms with E-state index in [1.165, 1.54) is 4.90 Å². The third-order valence-corrected chi connectivity index (χ3v) is 3.71. The van der Waals surface area contributed by atoms with Crippen LogP contribution in [0.25, 0.3) is 0 Å². The minimum Gasteiger partial charge on any atom is -0.497 e. The number of likely N-dealkylation sites (tertiary alicyclic amines) is 1. The van der Waals surface area contributed by atoms with Crippen LogP contribution in [0.3, 0.4) is 0 Å². The predicted molar refractivity (Wildman–Crippen MR) is 74.0 cm³/mol. The first-order valence-corrected chi connectivity index (χ1v) is 6.73. The fraction of sp³-hybridized carbons (Fsp3) is 0.467. The van der Waals surface area contributed by atoms with E-state index in [1.807, 2.05) is 6.92 Å². The Hall–Kier alpha value is -2.04. The van der Waals surface area contributed by atoms with Gasteiger partial charge in [0.2, 0.25) is 0 Å². The molecular formula is C15H19NO4. The van der Waals surface area contributed by atoms with E-state index < -0.39 is 12.0 Å². The van der Waals surface area contributed by atoms with Crippen molar-refractivity contribution in [2.45, 2.75) is 32.2 Å². The number of nitrogens with zero attached hydrogens (tertiary/aromatic N) is 1. The average Bonchev–Trinajstić information content (AvgIpc) is 2.46. The van der Waals surface area contributed by atoms with Gasteiger partial charge in [-0.2, -0.15) is 0 Å². The monoisotopic (exact) mass is 277 g/mol. The molecule has 0 aromatic heterocycles. The number of ether oxygens (including phenoxy) is 1. The fourth-order valence-corrected chi connectivity index (χ4v) is 2.59. The molecule has 2 rings (SSSR count). The molecule has 1 N–H and O–H groups in total. The van der Waals surface area contributed by atoms with Gasteiger partial charge in [-0.3, -0.25) is 4.79 Å². The SMILES string of the molecule is COc1ccc(C(=O)N2CCCC[C@@H]2C(=O)O)c(C)c1. The zero-order valence-electron chi connectivity index (χ0n) is 11.8.